The first-order valence-corrected chi connectivity index (χ1v) is 10.6. The predicted octanol–water partition coefficient (Wildman–Crippen LogP) is 2.43. The summed E-state index contributed by atoms with van der Waals surface area (Å²) in [5.74, 6) is 0. The summed E-state index contributed by atoms with van der Waals surface area (Å²) in [4.78, 5) is 20.8. The van der Waals surface area contributed by atoms with E-state index in [9.17, 15) is 33.8 Å². The van der Waals surface area contributed by atoms with Crippen LogP contribution in [0.3, 0.4) is 0 Å². The first-order chi connectivity index (χ1) is 14.2. The van der Waals surface area contributed by atoms with Gasteiger partial charge < -0.3 is 10.4 Å². The Bertz CT molecular complexity index is 1050. The van der Waals surface area contributed by atoms with Crippen molar-refractivity contribution >= 4 is 27.1 Å². The number of aliphatic hydroxyl groups excluding tert-OH is 1. The van der Waals surface area contributed by atoms with Crippen LogP contribution < -0.4 is 5.32 Å². The normalized spacial score (nSPS) is 15.6. The highest BCUT2D eigenvalue weighted by molar-refractivity contribution is 7.89. The van der Waals surface area contributed by atoms with Crippen LogP contribution in [0, 0.1) is 20.2 Å². The molecular weight excluding hydrogens is 416 g/mol. The highest BCUT2D eigenvalue weighted by Crippen LogP contribution is 2.30. The lowest BCUT2D eigenvalue weighted by atomic mass is 10.1. The van der Waals surface area contributed by atoms with Gasteiger partial charge in [-0.1, -0.05) is 0 Å². The van der Waals surface area contributed by atoms with Crippen LogP contribution in [0.5, 0.6) is 0 Å². The third-order valence-electron chi connectivity index (χ3n) is 4.84. The first-order valence-electron chi connectivity index (χ1n) is 9.15. The van der Waals surface area contributed by atoms with Crippen molar-refractivity contribution in [2.45, 2.75) is 23.8 Å². The molecule has 0 aromatic heterocycles. The van der Waals surface area contributed by atoms with E-state index in [1.165, 1.54) is 40.7 Å². The maximum Gasteiger partial charge on any atom is 0.293 e. The van der Waals surface area contributed by atoms with Gasteiger partial charge in [0.1, 0.15) is 5.69 Å². The average Bonchev–Trinajstić information content (AvgIpc) is 3.27. The zero-order valence-corrected chi connectivity index (χ0v) is 16.6. The number of benzene rings is 2. The molecule has 2 aromatic rings. The molecule has 0 bridgehead atoms. The Morgan fingerprint density at radius 2 is 1.67 bits per heavy atom. The van der Waals surface area contributed by atoms with Gasteiger partial charge in [0, 0.05) is 37.8 Å². The molecule has 1 saturated heterocycles. The minimum atomic E-state index is -3.80. The van der Waals surface area contributed by atoms with Crippen LogP contribution in [0.1, 0.15) is 24.5 Å². The van der Waals surface area contributed by atoms with Gasteiger partial charge in [-0.3, -0.25) is 20.2 Å². The molecule has 160 valence electrons. The minimum absolute atomic E-state index is 0.0568. The van der Waals surface area contributed by atoms with Crippen LogP contribution in [0.4, 0.5) is 17.1 Å². The van der Waals surface area contributed by atoms with E-state index in [1.54, 1.807) is 0 Å². The summed E-state index contributed by atoms with van der Waals surface area (Å²) in [5.41, 5.74) is -0.0964. The van der Waals surface area contributed by atoms with E-state index in [0.717, 1.165) is 18.9 Å². The Labute approximate surface area is 172 Å². The topological polar surface area (TPSA) is 156 Å². The van der Waals surface area contributed by atoms with Crippen molar-refractivity contribution in [2.24, 2.45) is 0 Å². The number of anilines is 1. The lowest BCUT2D eigenvalue weighted by molar-refractivity contribution is -0.384. The van der Waals surface area contributed by atoms with Crippen molar-refractivity contribution in [3.05, 3.63) is 68.3 Å². The second kappa shape index (κ2) is 8.73. The largest absolute Gasteiger partial charge is 0.387 e. The average molecular weight is 436 g/mol. The van der Waals surface area contributed by atoms with E-state index in [2.05, 4.69) is 5.32 Å². The molecule has 1 unspecified atom stereocenters. The molecule has 2 aromatic carbocycles. The number of nitrogens with zero attached hydrogens (tertiary/aromatic N) is 3. The summed E-state index contributed by atoms with van der Waals surface area (Å²) < 4.78 is 26.6. The van der Waals surface area contributed by atoms with Crippen molar-refractivity contribution in [2.75, 3.05) is 25.0 Å². The fourth-order valence-corrected chi connectivity index (χ4v) is 4.73. The van der Waals surface area contributed by atoms with Crippen molar-refractivity contribution in [1.82, 2.24) is 4.31 Å². The Morgan fingerprint density at radius 1 is 1.03 bits per heavy atom. The third-order valence-corrected chi connectivity index (χ3v) is 6.74. The quantitative estimate of drug-likeness (QED) is 0.472. The predicted molar refractivity (Wildman–Crippen MR) is 108 cm³/mol. The molecule has 1 aliphatic heterocycles. The third kappa shape index (κ3) is 4.56. The lowest BCUT2D eigenvalue weighted by Gasteiger charge is -2.17. The van der Waals surface area contributed by atoms with Crippen LogP contribution >= 0.6 is 0 Å². The maximum atomic E-state index is 12.6. The molecule has 1 heterocycles. The van der Waals surface area contributed by atoms with Crippen LogP contribution in [0.2, 0.25) is 0 Å². The fourth-order valence-electron chi connectivity index (χ4n) is 3.19. The van der Waals surface area contributed by atoms with Gasteiger partial charge in [0.05, 0.1) is 20.8 Å². The zero-order chi connectivity index (χ0) is 21.9. The standard InChI is InChI=1S/C18H20N4O7S/c23-18(13-3-5-14(6-4-13)21(24)25)12-19-16-8-7-15(11-17(16)22(26)27)30(28,29)20-9-1-2-10-20/h3-8,11,18-19,23H,1-2,9-10,12H2. The van der Waals surface area contributed by atoms with Gasteiger partial charge >= 0.3 is 0 Å². The van der Waals surface area contributed by atoms with Crippen molar-refractivity contribution < 1.29 is 23.4 Å². The second-order valence-corrected chi connectivity index (χ2v) is 8.73. The molecule has 0 saturated carbocycles. The Kier molecular flexibility index (Phi) is 6.29. The van der Waals surface area contributed by atoms with Gasteiger partial charge in [-0.05, 0) is 42.7 Å². The number of nitrogens with one attached hydrogen (secondary N) is 1. The Morgan fingerprint density at radius 3 is 2.23 bits per heavy atom. The molecule has 1 fully saturated rings. The summed E-state index contributed by atoms with van der Waals surface area (Å²) in [6.07, 6.45) is 0.418. The van der Waals surface area contributed by atoms with Crippen molar-refractivity contribution in [3.63, 3.8) is 0 Å². The number of hydrogen-bond acceptors (Lipinski definition) is 8. The van der Waals surface area contributed by atoms with Gasteiger partial charge in [-0.15, -0.1) is 0 Å². The van der Waals surface area contributed by atoms with Crippen molar-refractivity contribution in [3.8, 4) is 0 Å². The van der Waals surface area contributed by atoms with Crippen LogP contribution in [0.15, 0.2) is 47.4 Å². The van der Waals surface area contributed by atoms with E-state index in [4.69, 9.17) is 0 Å². The monoisotopic (exact) mass is 436 g/mol. The first kappa shape index (κ1) is 21.6. The molecule has 0 radical (unpaired) electrons. The minimum Gasteiger partial charge on any atom is -0.387 e. The van der Waals surface area contributed by atoms with E-state index >= 15 is 0 Å². The molecular formula is C18H20N4O7S. The van der Waals surface area contributed by atoms with Gasteiger partial charge in [-0.2, -0.15) is 4.31 Å². The molecule has 3 rings (SSSR count). The molecule has 1 atom stereocenters. The molecule has 2 N–H and O–H groups in total. The number of aliphatic hydroxyl groups is 1. The van der Waals surface area contributed by atoms with Crippen molar-refractivity contribution in [1.29, 1.82) is 0 Å². The van der Waals surface area contributed by atoms with Gasteiger partial charge in [-0.25, -0.2) is 8.42 Å². The SMILES string of the molecule is O=[N+]([O-])c1ccc(C(O)CNc2ccc(S(=O)(=O)N3CCCC3)cc2[N+](=O)[O-])cc1. The summed E-state index contributed by atoms with van der Waals surface area (Å²) in [7, 11) is -3.80. The van der Waals surface area contributed by atoms with Crippen LogP contribution in [-0.2, 0) is 10.0 Å². The lowest BCUT2D eigenvalue weighted by Crippen LogP contribution is -2.27. The molecule has 0 aliphatic carbocycles. The maximum absolute atomic E-state index is 12.6. The van der Waals surface area contributed by atoms with Crippen LogP contribution in [0.25, 0.3) is 0 Å². The highest BCUT2D eigenvalue weighted by atomic mass is 32.2. The number of hydrogen-bond donors (Lipinski definition) is 2. The molecule has 0 amide bonds. The number of nitro groups is 2. The Balaban J connectivity index is 1.77. The summed E-state index contributed by atoms with van der Waals surface area (Å²) >= 11 is 0. The second-order valence-electron chi connectivity index (χ2n) is 6.79. The van der Waals surface area contributed by atoms with Gasteiger partial charge in [0.2, 0.25) is 10.0 Å². The van der Waals surface area contributed by atoms with Gasteiger partial charge in [0.15, 0.2) is 0 Å². The fraction of sp³-hybridized carbons (Fsp3) is 0.333. The number of rotatable bonds is 8. The summed E-state index contributed by atoms with van der Waals surface area (Å²) in [6, 6.07) is 8.88. The molecule has 11 nitrogen and oxygen atoms in total. The molecule has 1 aliphatic rings. The molecule has 0 spiro atoms. The summed E-state index contributed by atoms with van der Waals surface area (Å²) in [5, 5.41) is 35.2. The number of sulfonamides is 1. The van der Waals surface area contributed by atoms with E-state index in [1.807, 2.05) is 0 Å². The van der Waals surface area contributed by atoms with E-state index < -0.39 is 31.7 Å². The smallest absolute Gasteiger partial charge is 0.293 e. The molecule has 30 heavy (non-hydrogen) atoms. The van der Waals surface area contributed by atoms with Gasteiger partial charge in [0.25, 0.3) is 11.4 Å². The zero-order valence-electron chi connectivity index (χ0n) is 15.8. The summed E-state index contributed by atoms with van der Waals surface area (Å²) in [6.45, 7) is 0.659. The van der Waals surface area contributed by atoms with E-state index in [-0.39, 0.29) is 22.8 Å². The highest BCUT2D eigenvalue weighted by Gasteiger charge is 2.29. The number of non-ortho nitro benzene ring substituents is 1. The number of nitro benzene ring substituents is 2. The Hall–Kier alpha value is -3.09. The van der Waals surface area contributed by atoms with Crippen LogP contribution in [-0.4, -0.2) is 47.3 Å². The van der Waals surface area contributed by atoms with E-state index in [0.29, 0.717) is 18.7 Å². The molecule has 12 heteroatoms.